The van der Waals surface area contributed by atoms with Gasteiger partial charge in [-0.15, -0.1) is 0 Å². The van der Waals surface area contributed by atoms with Crippen LogP contribution in [0.3, 0.4) is 0 Å². The average molecular weight is 359 g/mol. The number of halogens is 1. The Morgan fingerprint density at radius 1 is 1.18 bits per heavy atom. The van der Waals surface area contributed by atoms with E-state index in [0.717, 1.165) is 16.5 Å². The number of amides is 2. The largest absolute Gasteiger partial charge is 0.338 e. The Morgan fingerprint density at radius 3 is 2.77 bits per heavy atom. The molecule has 0 aliphatic rings. The van der Waals surface area contributed by atoms with Gasteiger partial charge in [-0.2, -0.15) is 0 Å². The third-order valence-corrected chi connectivity index (χ3v) is 3.61. The SMILES string of the molecule is Cc1cccc(CCNC(=O)N/C=C/c2cccc(Br)c2)c1. The first-order valence-corrected chi connectivity index (χ1v) is 7.95. The first kappa shape index (κ1) is 16.3. The maximum atomic E-state index is 11.7. The van der Waals surface area contributed by atoms with Crippen LogP contribution in [0.2, 0.25) is 0 Å². The van der Waals surface area contributed by atoms with Crippen molar-refractivity contribution in [2.24, 2.45) is 0 Å². The fraction of sp³-hybridized carbons (Fsp3) is 0.167. The Hall–Kier alpha value is -2.07. The summed E-state index contributed by atoms with van der Waals surface area (Å²) >= 11 is 3.41. The van der Waals surface area contributed by atoms with Gasteiger partial charge in [-0.3, -0.25) is 0 Å². The third kappa shape index (κ3) is 5.74. The highest BCUT2D eigenvalue weighted by Crippen LogP contribution is 2.12. The van der Waals surface area contributed by atoms with Crippen LogP contribution in [0.15, 0.2) is 59.2 Å². The van der Waals surface area contributed by atoms with Crippen molar-refractivity contribution >= 4 is 28.0 Å². The molecule has 2 aromatic rings. The van der Waals surface area contributed by atoms with Gasteiger partial charge in [0.1, 0.15) is 0 Å². The second-order valence-corrected chi connectivity index (χ2v) is 5.94. The molecule has 2 N–H and O–H groups in total. The third-order valence-electron chi connectivity index (χ3n) is 3.12. The lowest BCUT2D eigenvalue weighted by Crippen LogP contribution is -2.33. The van der Waals surface area contributed by atoms with Crippen LogP contribution < -0.4 is 10.6 Å². The molecule has 3 nitrogen and oxygen atoms in total. The van der Waals surface area contributed by atoms with E-state index in [-0.39, 0.29) is 6.03 Å². The van der Waals surface area contributed by atoms with E-state index in [2.05, 4.69) is 51.7 Å². The highest BCUT2D eigenvalue weighted by molar-refractivity contribution is 9.10. The number of rotatable bonds is 5. The molecule has 0 aromatic heterocycles. The summed E-state index contributed by atoms with van der Waals surface area (Å²) in [5.41, 5.74) is 3.48. The maximum absolute atomic E-state index is 11.7. The van der Waals surface area contributed by atoms with Gasteiger partial charge in [-0.25, -0.2) is 4.79 Å². The summed E-state index contributed by atoms with van der Waals surface area (Å²) in [5.74, 6) is 0. The molecule has 0 saturated carbocycles. The number of carbonyl (C=O) groups excluding carboxylic acids is 1. The molecule has 22 heavy (non-hydrogen) atoms. The quantitative estimate of drug-likeness (QED) is 0.823. The zero-order valence-electron chi connectivity index (χ0n) is 12.5. The van der Waals surface area contributed by atoms with E-state index >= 15 is 0 Å². The molecule has 0 fully saturated rings. The van der Waals surface area contributed by atoms with E-state index in [1.54, 1.807) is 6.20 Å². The number of hydrogen-bond donors (Lipinski definition) is 2. The summed E-state index contributed by atoms with van der Waals surface area (Å²) in [6.07, 6.45) is 4.32. The van der Waals surface area contributed by atoms with Crippen molar-refractivity contribution in [1.29, 1.82) is 0 Å². The van der Waals surface area contributed by atoms with Gasteiger partial charge in [0.05, 0.1) is 0 Å². The molecule has 0 aliphatic carbocycles. The fourth-order valence-corrected chi connectivity index (χ4v) is 2.48. The van der Waals surface area contributed by atoms with Crippen LogP contribution >= 0.6 is 15.9 Å². The van der Waals surface area contributed by atoms with Crippen molar-refractivity contribution in [3.8, 4) is 0 Å². The van der Waals surface area contributed by atoms with Crippen LogP contribution in [-0.4, -0.2) is 12.6 Å². The van der Waals surface area contributed by atoms with E-state index < -0.39 is 0 Å². The summed E-state index contributed by atoms with van der Waals surface area (Å²) in [7, 11) is 0. The van der Waals surface area contributed by atoms with Crippen molar-refractivity contribution < 1.29 is 4.79 Å². The van der Waals surface area contributed by atoms with Crippen molar-refractivity contribution in [2.75, 3.05) is 6.54 Å². The van der Waals surface area contributed by atoms with E-state index in [0.29, 0.717) is 6.54 Å². The Bertz CT molecular complexity index is 668. The first-order valence-electron chi connectivity index (χ1n) is 7.15. The van der Waals surface area contributed by atoms with Crippen molar-refractivity contribution in [2.45, 2.75) is 13.3 Å². The number of carbonyl (C=O) groups is 1. The molecule has 2 rings (SSSR count). The highest BCUT2D eigenvalue weighted by Gasteiger charge is 1.98. The van der Waals surface area contributed by atoms with Crippen LogP contribution in [0.25, 0.3) is 6.08 Å². The van der Waals surface area contributed by atoms with Gasteiger partial charge in [-0.1, -0.05) is 57.9 Å². The highest BCUT2D eigenvalue weighted by atomic mass is 79.9. The molecule has 0 radical (unpaired) electrons. The number of hydrogen-bond acceptors (Lipinski definition) is 1. The van der Waals surface area contributed by atoms with Crippen LogP contribution in [0.1, 0.15) is 16.7 Å². The topological polar surface area (TPSA) is 41.1 Å². The lowest BCUT2D eigenvalue weighted by atomic mass is 10.1. The van der Waals surface area contributed by atoms with Crippen LogP contribution in [0.5, 0.6) is 0 Å². The van der Waals surface area contributed by atoms with Gasteiger partial charge in [-0.05, 0) is 42.7 Å². The molecule has 0 saturated heterocycles. The molecule has 0 spiro atoms. The molecule has 0 heterocycles. The van der Waals surface area contributed by atoms with Crippen molar-refractivity contribution in [3.05, 3.63) is 75.9 Å². The van der Waals surface area contributed by atoms with Crippen LogP contribution in [-0.2, 0) is 6.42 Å². The molecule has 0 bridgehead atoms. The lowest BCUT2D eigenvalue weighted by molar-refractivity contribution is 0.244. The van der Waals surface area contributed by atoms with Gasteiger partial charge in [0.15, 0.2) is 0 Å². The monoisotopic (exact) mass is 358 g/mol. The lowest BCUT2D eigenvalue weighted by Gasteiger charge is -2.05. The normalized spacial score (nSPS) is 10.6. The minimum atomic E-state index is -0.195. The van der Waals surface area contributed by atoms with Gasteiger partial charge < -0.3 is 10.6 Å². The Morgan fingerprint density at radius 2 is 2.00 bits per heavy atom. The van der Waals surface area contributed by atoms with Crippen molar-refractivity contribution in [1.82, 2.24) is 10.6 Å². The fourth-order valence-electron chi connectivity index (χ4n) is 2.06. The number of nitrogens with one attached hydrogen (secondary N) is 2. The Kier molecular flexibility index (Phi) is 6.22. The molecule has 114 valence electrons. The predicted octanol–water partition coefficient (Wildman–Crippen LogP) is 4.27. The standard InChI is InChI=1S/C18H19BrN2O/c1-14-4-2-5-15(12-14)8-10-20-18(22)21-11-9-16-6-3-7-17(19)13-16/h2-7,9,11-13H,8,10H2,1H3,(H2,20,21,22)/b11-9+. The van der Waals surface area contributed by atoms with E-state index in [9.17, 15) is 4.79 Å². The van der Waals surface area contributed by atoms with E-state index in [4.69, 9.17) is 0 Å². The maximum Gasteiger partial charge on any atom is 0.318 e. The average Bonchev–Trinajstić information content (AvgIpc) is 2.47. The van der Waals surface area contributed by atoms with Gasteiger partial charge in [0.2, 0.25) is 0 Å². The summed E-state index contributed by atoms with van der Waals surface area (Å²) in [6.45, 7) is 2.68. The molecule has 4 heteroatoms. The zero-order chi connectivity index (χ0) is 15.8. The summed E-state index contributed by atoms with van der Waals surface area (Å²) in [5, 5.41) is 5.54. The molecule has 0 atom stereocenters. The zero-order valence-corrected chi connectivity index (χ0v) is 14.1. The second-order valence-electron chi connectivity index (χ2n) is 5.03. The van der Waals surface area contributed by atoms with Gasteiger partial charge in [0, 0.05) is 17.2 Å². The number of aryl methyl sites for hydroxylation is 1. The summed E-state index contributed by atoms with van der Waals surface area (Å²) in [6, 6.07) is 16.0. The van der Waals surface area contributed by atoms with Gasteiger partial charge in [0.25, 0.3) is 0 Å². The Balaban J connectivity index is 1.72. The minimum absolute atomic E-state index is 0.195. The molecule has 2 amide bonds. The number of benzene rings is 2. The summed E-state index contributed by atoms with van der Waals surface area (Å²) in [4.78, 5) is 11.7. The van der Waals surface area contributed by atoms with Crippen LogP contribution in [0.4, 0.5) is 4.79 Å². The molecular weight excluding hydrogens is 340 g/mol. The van der Waals surface area contributed by atoms with Gasteiger partial charge >= 0.3 is 6.03 Å². The molecule has 2 aromatic carbocycles. The number of urea groups is 1. The molecule has 0 unspecified atom stereocenters. The summed E-state index contributed by atoms with van der Waals surface area (Å²) < 4.78 is 1.01. The predicted molar refractivity (Wildman–Crippen MR) is 94.6 cm³/mol. The van der Waals surface area contributed by atoms with E-state index in [1.807, 2.05) is 36.4 Å². The molecular formula is C18H19BrN2O. The van der Waals surface area contributed by atoms with Crippen molar-refractivity contribution in [3.63, 3.8) is 0 Å². The minimum Gasteiger partial charge on any atom is -0.338 e. The smallest absolute Gasteiger partial charge is 0.318 e. The molecule has 0 aliphatic heterocycles. The first-order chi connectivity index (χ1) is 10.6. The second kappa shape index (κ2) is 8.39. The van der Waals surface area contributed by atoms with E-state index in [1.165, 1.54) is 11.1 Å². The Labute approximate surface area is 139 Å². The van der Waals surface area contributed by atoms with Crippen LogP contribution in [0, 0.1) is 6.92 Å².